The summed E-state index contributed by atoms with van der Waals surface area (Å²) in [5.41, 5.74) is 0. The molecule has 0 aliphatic heterocycles. The molecule has 2 rings (SSSR count). The smallest absolute Gasteiger partial charge is 0.117 e. The van der Waals surface area contributed by atoms with Gasteiger partial charge < -0.3 is 9.73 Å². The maximum atomic E-state index is 5.28. The van der Waals surface area contributed by atoms with Gasteiger partial charge in [0.15, 0.2) is 0 Å². The van der Waals surface area contributed by atoms with Gasteiger partial charge in [-0.25, -0.2) is 0 Å². The van der Waals surface area contributed by atoms with Crippen LogP contribution in [-0.2, 0) is 6.54 Å². The zero-order valence-corrected chi connectivity index (χ0v) is 9.54. The Hall–Kier alpha value is -0.760. The molecule has 1 aromatic rings. The van der Waals surface area contributed by atoms with Crippen molar-refractivity contribution in [1.82, 2.24) is 5.32 Å². The van der Waals surface area contributed by atoms with Gasteiger partial charge in [0.05, 0.1) is 12.8 Å². The average molecular weight is 207 g/mol. The van der Waals surface area contributed by atoms with Gasteiger partial charge in [-0.2, -0.15) is 0 Å². The first-order valence-corrected chi connectivity index (χ1v) is 6.07. The van der Waals surface area contributed by atoms with Gasteiger partial charge in [0.1, 0.15) is 5.76 Å². The van der Waals surface area contributed by atoms with E-state index < -0.39 is 0 Å². The van der Waals surface area contributed by atoms with Crippen LogP contribution in [0.15, 0.2) is 22.8 Å². The zero-order chi connectivity index (χ0) is 10.5. The van der Waals surface area contributed by atoms with E-state index in [9.17, 15) is 0 Å². The molecule has 0 amide bonds. The molecule has 1 aliphatic rings. The predicted molar refractivity (Wildman–Crippen MR) is 61.5 cm³/mol. The van der Waals surface area contributed by atoms with Crippen LogP contribution in [0.3, 0.4) is 0 Å². The Labute approximate surface area is 92.1 Å². The molecule has 0 radical (unpaired) electrons. The Morgan fingerprint density at radius 2 is 2.13 bits per heavy atom. The molecule has 2 heteroatoms. The summed E-state index contributed by atoms with van der Waals surface area (Å²) < 4.78 is 5.28. The highest BCUT2D eigenvalue weighted by atomic mass is 16.3. The lowest BCUT2D eigenvalue weighted by atomic mass is 9.83. The lowest BCUT2D eigenvalue weighted by molar-refractivity contribution is 0.279. The van der Waals surface area contributed by atoms with E-state index in [4.69, 9.17) is 4.42 Å². The minimum Gasteiger partial charge on any atom is -0.468 e. The first-order chi connectivity index (χ1) is 7.34. The summed E-state index contributed by atoms with van der Waals surface area (Å²) in [5, 5.41) is 3.48. The first kappa shape index (κ1) is 10.7. The standard InChI is InChI=1S/C13H21NO/c1-11-4-6-12(7-5-11)9-14-10-13-3-2-8-15-13/h2-3,8,11-12,14H,4-7,9-10H2,1H3. The number of hydrogen-bond acceptors (Lipinski definition) is 2. The molecular weight excluding hydrogens is 186 g/mol. The third-order valence-electron chi connectivity index (χ3n) is 3.45. The second-order valence-electron chi connectivity index (χ2n) is 4.84. The van der Waals surface area contributed by atoms with Gasteiger partial charge in [0.2, 0.25) is 0 Å². The van der Waals surface area contributed by atoms with Crippen molar-refractivity contribution in [2.75, 3.05) is 6.54 Å². The fourth-order valence-corrected chi connectivity index (χ4v) is 2.35. The van der Waals surface area contributed by atoms with Crippen LogP contribution in [0.25, 0.3) is 0 Å². The molecule has 0 spiro atoms. The lowest BCUT2D eigenvalue weighted by Crippen LogP contribution is -2.25. The summed E-state index contributed by atoms with van der Waals surface area (Å²) in [6.07, 6.45) is 7.35. The number of rotatable bonds is 4. The van der Waals surface area contributed by atoms with E-state index >= 15 is 0 Å². The molecular formula is C13H21NO. The van der Waals surface area contributed by atoms with Crippen LogP contribution >= 0.6 is 0 Å². The van der Waals surface area contributed by atoms with Crippen molar-refractivity contribution in [3.8, 4) is 0 Å². The fraction of sp³-hybridized carbons (Fsp3) is 0.692. The molecule has 1 saturated carbocycles. The van der Waals surface area contributed by atoms with Crippen molar-refractivity contribution < 1.29 is 4.42 Å². The van der Waals surface area contributed by atoms with Gasteiger partial charge in [0.25, 0.3) is 0 Å². The second-order valence-corrected chi connectivity index (χ2v) is 4.84. The highest BCUT2D eigenvalue weighted by Crippen LogP contribution is 2.27. The van der Waals surface area contributed by atoms with Crippen LogP contribution in [0.5, 0.6) is 0 Å². The van der Waals surface area contributed by atoms with Gasteiger partial charge in [-0.3, -0.25) is 0 Å². The van der Waals surface area contributed by atoms with Gasteiger partial charge in [-0.1, -0.05) is 19.8 Å². The van der Waals surface area contributed by atoms with Gasteiger partial charge >= 0.3 is 0 Å². The highest BCUT2D eigenvalue weighted by Gasteiger charge is 2.17. The van der Waals surface area contributed by atoms with Crippen LogP contribution in [0.2, 0.25) is 0 Å². The summed E-state index contributed by atoms with van der Waals surface area (Å²) in [6, 6.07) is 3.97. The Morgan fingerprint density at radius 3 is 2.80 bits per heavy atom. The van der Waals surface area contributed by atoms with Crippen molar-refractivity contribution >= 4 is 0 Å². The van der Waals surface area contributed by atoms with E-state index in [-0.39, 0.29) is 0 Å². The quantitative estimate of drug-likeness (QED) is 0.820. The van der Waals surface area contributed by atoms with E-state index in [1.54, 1.807) is 6.26 Å². The monoisotopic (exact) mass is 207 g/mol. The van der Waals surface area contributed by atoms with Crippen molar-refractivity contribution in [1.29, 1.82) is 0 Å². The zero-order valence-electron chi connectivity index (χ0n) is 9.54. The van der Waals surface area contributed by atoms with E-state index in [1.807, 2.05) is 12.1 Å². The van der Waals surface area contributed by atoms with Gasteiger partial charge in [0, 0.05) is 0 Å². The third kappa shape index (κ3) is 3.38. The number of furan rings is 1. The molecule has 0 unspecified atom stereocenters. The largest absolute Gasteiger partial charge is 0.468 e. The highest BCUT2D eigenvalue weighted by molar-refractivity contribution is 4.97. The van der Waals surface area contributed by atoms with E-state index in [0.29, 0.717) is 0 Å². The van der Waals surface area contributed by atoms with E-state index in [1.165, 1.54) is 25.7 Å². The molecule has 1 heterocycles. The molecule has 1 aromatic heterocycles. The minimum absolute atomic E-state index is 0.874. The van der Waals surface area contributed by atoms with E-state index in [0.717, 1.165) is 30.7 Å². The molecule has 0 saturated heterocycles. The number of nitrogens with one attached hydrogen (secondary N) is 1. The topological polar surface area (TPSA) is 25.2 Å². The normalized spacial score (nSPS) is 26.7. The molecule has 1 N–H and O–H groups in total. The third-order valence-corrected chi connectivity index (χ3v) is 3.45. The van der Waals surface area contributed by atoms with Crippen LogP contribution in [0, 0.1) is 11.8 Å². The average Bonchev–Trinajstić information content (AvgIpc) is 2.74. The van der Waals surface area contributed by atoms with Crippen LogP contribution in [0.4, 0.5) is 0 Å². The molecule has 0 bridgehead atoms. The molecule has 2 nitrogen and oxygen atoms in total. The predicted octanol–water partition coefficient (Wildman–Crippen LogP) is 3.20. The summed E-state index contributed by atoms with van der Waals surface area (Å²) in [6.45, 7) is 4.39. The Bertz CT molecular complexity index is 260. The number of hydrogen-bond donors (Lipinski definition) is 1. The lowest BCUT2D eigenvalue weighted by Gasteiger charge is -2.26. The maximum Gasteiger partial charge on any atom is 0.117 e. The first-order valence-electron chi connectivity index (χ1n) is 6.07. The van der Waals surface area contributed by atoms with E-state index in [2.05, 4.69) is 12.2 Å². The minimum atomic E-state index is 0.874. The molecule has 1 aliphatic carbocycles. The Kier molecular flexibility index (Phi) is 3.84. The van der Waals surface area contributed by atoms with Crippen LogP contribution in [-0.4, -0.2) is 6.54 Å². The van der Waals surface area contributed by atoms with Crippen molar-refractivity contribution in [2.24, 2.45) is 11.8 Å². The summed E-state index contributed by atoms with van der Waals surface area (Å²) in [5.74, 6) is 2.88. The summed E-state index contributed by atoms with van der Waals surface area (Å²) in [4.78, 5) is 0. The Balaban J connectivity index is 1.62. The van der Waals surface area contributed by atoms with Crippen LogP contribution in [0.1, 0.15) is 38.4 Å². The van der Waals surface area contributed by atoms with Crippen molar-refractivity contribution in [3.05, 3.63) is 24.2 Å². The summed E-state index contributed by atoms with van der Waals surface area (Å²) in [7, 11) is 0. The molecule has 84 valence electrons. The van der Waals surface area contributed by atoms with Crippen molar-refractivity contribution in [2.45, 2.75) is 39.2 Å². The second kappa shape index (κ2) is 5.36. The maximum absolute atomic E-state index is 5.28. The van der Waals surface area contributed by atoms with Crippen molar-refractivity contribution in [3.63, 3.8) is 0 Å². The molecule has 15 heavy (non-hydrogen) atoms. The molecule has 1 fully saturated rings. The Morgan fingerprint density at radius 1 is 1.33 bits per heavy atom. The van der Waals surface area contributed by atoms with Crippen LogP contribution < -0.4 is 5.32 Å². The SMILES string of the molecule is CC1CCC(CNCc2ccco2)CC1. The summed E-state index contributed by atoms with van der Waals surface area (Å²) >= 11 is 0. The van der Waals surface area contributed by atoms with Gasteiger partial charge in [-0.15, -0.1) is 0 Å². The fourth-order valence-electron chi connectivity index (χ4n) is 2.35. The molecule has 0 atom stereocenters. The van der Waals surface area contributed by atoms with Gasteiger partial charge in [-0.05, 0) is 43.4 Å². The molecule has 0 aromatic carbocycles.